The van der Waals surface area contributed by atoms with E-state index in [-0.39, 0.29) is 0 Å². The van der Waals surface area contributed by atoms with Crippen molar-refractivity contribution in [3.8, 4) is 0 Å². The second-order valence-electron chi connectivity index (χ2n) is 4.73. The zero-order valence-electron chi connectivity index (χ0n) is 8.35. The maximum Gasteiger partial charge on any atom is 0.407 e. The van der Waals surface area contributed by atoms with Gasteiger partial charge in [-0.3, -0.25) is 0 Å². The maximum absolute atomic E-state index is 10.9. The molecule has 4 heteroatoms. The Morgan fingerprint density at radius 1 is 1.21 bits per heavy atom. The first-order valence-corrected chi connectivity index (χ1v) is 5.38. The van der Waals surface area contributed by atoms with Gasteiger partial charge in [-0.15, -0.1) is 0 Å². The highest BCUT2D eigenvalue weighted by Crippen LogP contribution is 2.31. The molecule has 4 nitrogen and oxygen atoms in total. The van der Waals surface area contributed by atoms with Crippen molar-refractivity contribution in [3.63, 3.8) is 0 Å². The normalized spacial score (nSPS) is 37.8. The van der Waals surface area contributed by atoms with Gasteiger partial charge in [-0.25, -0.2) is 4.79 Å². The number of likely N-dealkylation sites (tertiary alicyclic amines) is 1. The molecule has 80 valence electrons. The van der Waals surface area contributed by atoms with Gasteiger partial charge in [0.25, 0.3) is 0 Å². The highest BCUT2D eigenvalue weighted by atomic mass is 16.4. The second kappa shape index (κ2) is 3.77. The average molecular weight is 198 g/mol. The first kappa shape index (κ1) is 9.77. The topological polar surface area (TPSA) is 66.6 Å². The zero-order chi connectivity index (χ0) is 10.1. The maximum atomic E-state index is 10.9. The fourth-order valence-electron chi connectivity index (χ4n) is 2.85. The van der Waals surface area contributed by atoms with Crippen LogP contribution in [0.5, 0.6) is 0 Å². The summed E-state index contributed by atoms with van der Waals surface area (Å²) in [6, 6.07) is 0.295. The van der Waals surface area contributed by atoms with Crippen molar-refractivity contribution < 1.29 is 9.90 Å². The highest BCUT2D eigenvalue weighted by Gasteiger charge is 2.32. The van der Waals surface area contributed by atoms with Crippen molar-refractivity contribution >= 4 is 6.09 Å². The van der Waals surface area contributed by atoms with Gasteiger partial charge in [0.1, 0.15) is 0 Å². The monoisotopic (exact) mass is 198 g/mol. The van der Waals surface area contributed by atoms with E-state index in [0.29, 0.717) is 31.0 Å². The number of amides is 1. The molecule has 1 saturated heterocycles. The quantitative estimate of drug-likeness (QED) is 0.612. The molecule has 0 aromatic carbocycles. The molecule has 1 amide bonds. The summed E-state index contributed by atoms with van der Waals surface area (Å²) in [7, 11) is 0. The van der Waals surface area contributed by atoms with Crippen LogP contribution in [0.1, 0.15) is 25.7 Å². The molecule has 0 unspecified atom stereocenters. The van der Waals surface area contributed by atoms with Crippen LogP contribution in [0.15, 0.2) is 0 Å². The third-order valence-corrected chi connectivity index (χ3v) is 3.48. The average Bonchev–Trinajstić information content (AvgIpc) is 2.34. The van der Waals surface area contributed by atoms with Crippen LogP contribution in [0.3, 0.4) is 0 Å². The number of rotatable bonds is 0. The van der Waals surface area contributed by atoms with Crippen LogP contribution < -0.4 is 5.73 Å². The van der Waals surface area contributed by atoms with Crippen molar-refractivity contribution in [1.82, 2.24) is 4.90 Å². The molecule has 2 rings (SSSR count). The standard InChI is InChI=1S/C10H18N2O2/c11-9-3-7-1-2-8(4-9)6-12(5-7)10(13)14/h7-9H,1-6,11H2,(H,13,14)/t7-,8+,9-. The van der Waals surface area contributed by atoms with E-state index < -0.39 is 6.09 Å². The van der Waals surface area contributed by atoms with Gasteiger partial charge in [0.15, 0.2) is 0 Å². The lowest BCUT2D eigenvalue weighted by Gasteiger charge is -2.28. The molecule has 3 N–H and O–H groups in total. The van der Waals surface area contributed by atoms with Crippen LogP contribution >= 0.6 is 0 Å². The minimum absolute atomic E-state index is 0.295. The van der Waals surface area contributed by atoms with Crippen LogP contribution in [-0.4, -0.2) is 35.2 Å². The number of nitrogens with zero attached hydrogens (tertiary/aromatic N) is 1. The van der Waals surface area contributed by atoms with Crippen LogP contribution in [0.2, 0.25) is 0 Å². The number of carbonyl (C=O) groups is 1. The van der Waals surface area contributed by atoms with Gasteiger partial charge >= 0.3 is 6.09 Å². The molecule has 14 heavy (non-hydrogen) atoms. The van der Waals surface area contributed by atoms with Crippen molar-refractivity contribution in [2.75, 3.05) is 13.1 Å². The lowest BCUT2D eigenvalue weighted by Crippen LogP contribution is -2.40. The van der Waals surface area contributed by atoms with Crippen molar-refractivity contribution in [2.45, 2.75) is 31.7 Å². The van der Waals surface area contributed by atoms with Crippen LogP contribution in [-0.2, 0) is 0 Å². The van der Waals surface area contributed by atoms with E-state index >= 15 is 0 Å². The SMILES string of the molecule is N[C@@H]1C[C@H]2CC[C@@H](C1)CN(C(=O)O)C2. The van der Waals surface area contributed by atoms with Gasteiger partial charge in [0.05, 0.1) is 0 Å². The summed E-state index contributed by atoms with van der Waals surface area (Å²) in [5.74, 6) is 0.988. The molecular weight excluding hydrogens is 180 g/mol. The van der Waals surface area contributed by atoms with E-state index in [4.69, 9.17) is 10.8 Å². The Kier molecular flexibility index (Phi) is 2.63. The minimum atomic E-state index is -0.766. The first-order chi connectivity index (χ1) is 6.65. The summed E-state index contributed by atoms with van der Waals surface area (Å²) in [6.07, 6.45) is 3.54. The lowest BCUT2D eigenvalue weighted by molar-refractivity contribution is 0.126. The fraction of sp³-hybridized carbons (Fsp3) is 0.900. The number of carboxylic acid groups (broad SMARTS) is 1. The Morgan fingerprint density at radius 2 is 1.71 bits per heavy atom. The van der Waals surface area contributed by atoms with Crippen molar-refractivity contribution in [1.29, 1.82) is 0 Å². The molecule has 1 heterocycles. The van der Waals surface area contributed by atoms with E-state index in [1.54, 1.807) is 4.90 Å². The number of nitrogens with two attached hydrogens (primary N) is 1. The zero-order valence-corrected chi connectivity index (χ0v) is 8.35. The number of fused-ring (bicyclic) bond motifs is 3. The molecule has 2 aliphatic rings. The summed E-state index contributed by atoms with van der Waals surface area (Å²) in [6.45, 7) is 1.39. The van der Waals surface area contributed by atoms with Crippen molar-refractivity contribution in [3.05, 3.63) is 0 Å². The summed E-state index contributed by atoms with van der Waals surface area (Å²) >= 11 is 0. The van der Waals surface area contributed by atoms with E-state index in [1.807, 2.05) is 0 Å². The molecule has 0 aromatic rings. The van der Waals surface area contributed by atoms with Gasteiger partial charge in [-0.05, 0) is 37.5 Å². The van der Waals surface area contributed by atoms with E-state index in [0.717, 1.165) is 25.7 Å². The van der Waals surface area contributed by atoms with Gasteiger partial charge in [-0.2, -0.15) is 0 Å². The van der Waals surface area contributed by atoms with E-state index in [1.165, 1.54) is 0 Å². The summed E-state index contributed by atoms with van der Waals surface area (Å²) in [5, 5.41) is 8.98. The van der Waals surface area contributed by atoms with Crippen LogP contribution in [0.4, 0.5) is 4.79 Å². The van der Waals surface area contributed by atoms with Crippen LogP contribution in [0.25, 0.3) is 0 Å². The molecule has 0 radical (unpaired) electrons. The Labute approximate surface area is 84.1 Å². The predicted octanol–water partition coefficient (Wildman–Crippen LogP) is 1.11. The third-order valence-electron chi connectivity index (χ3n) is 3.48. The van der Waals surface area contributed by atoms with Crippen LogP contribution in [0, 0.1) is 11.8 Å². The molecule has 3 atom stereocenters. The fourth-order valence-corrected chi connectivity index (χ4v) is 2.85. The summed E-state index contributed by atoms with van der Waals surface area (Å²) < 4.78 is 0. The highest BCUT2D eigenvalue weighted by molar-refractivity contribution is 5.65. The Balaban J connectivity index is 2.09. The molecule has 1 aliphatic heterocycles. The molecule has 1 saturated carbocycles. The largest absolute Gasteiger partial charge is 0.465 e. The smallest absolute Gasteiger partial charge is 0.407 e. The Hall–Kier alpha value is -0.770. The predicted molar refractivity (Wildman–Crippen MR) is 53.0 cm³/mol. The Bertz CT molecular complexity index is 216. The Morgan fingerprint density at radius 3 is 2.14 bits per heavy atom. The summed E-state index contributed by atoms with van der Waals surface area (Å²) in [4.78, 5) is 12.5. The third kappa shape index (κ3) is 2.00. The second-order valence-corrected chi connectivity index (χ2v) is 4.73. The van der Waals surface area contributed by atoms with Gasteiger partial charge in [-0.1, -0.05) is 0 Å². The molecule has 0 aromatic heterocycles. The number of hydrogen-bond donors (Lipinski definition) is 2. The molecular formula is C10H18N2O2. The summed E-state index contributed by atoms with van der Waals surface area (Å²) in [5.41, 5.74) is 5.98. The van der Waals surface area contributed by atoms with E-state index in [2.05, 4.69) is 0 Å². The molecule has 2 fully saturated rings. The number of hydrogen-bond acceptors (Lipinski definition) is 2. The molecule has 1 aliphatic carbocycles. The van der Waals surface area contributed by atoms with Gasteiger partial charge in [0, 0.05) is 19.1 Å². The first-order valence-electron chi connectivity index (χ1n) is 5.38. The minimum Gasteiger partial charge on any atom is -0.465 e. The molecule has 0 spiro atoms. The van der Waals surface area contributed by atoms with Crippen molar-refractivity contribution in [2.24, 2.45) is 17.6 Å². The molecule has 2 bridgehead atoms. The van der Waals surface area contributed by atoms with Gasteiger partial charge < -0.3 is 15.7 Å². The van der Waals surface area contributed by atoms with Gasteiger partial charge in [0.2, 0.25) is 0 Å². The lowest BCUT2D eigenvalue weighted by atomic mass is 9.96. The van der Waals surface area contributed by atoms with E-state index in [9.17, 15) is 4.79 Å².